The van der Waals surface area contributed by atoms with Crippen LogP contribution in [0.15, 0.2) is 18.2 Å². The topological polar surface area (TPSA) is 90.7 Å². The van der Waals surface area contributed by atoms with Gasteiger partial charge in [-0.25, -0.2) is 0 Å². The van der Waals surface area contributed by atoms with Crippen molar-refractivity contribution in [3.05, 3.63) is 33.9 Å². The standard InChI is InChI=1S/C12H16N2O5/c1-18-11-6-9(5-10(7-11)14(16)17)8-13-4-3-12(15)19-2/h5-7,13H,3-4,8H2,1-2H3. The Kier molecular flexibility index (Phi) is 5.74. The molecule has 0 fully saturated rings. The van der Waals surface area contributed by atoms with Gasteiger partial charge in [-0.1, -0.05) is 0 Å². The summed E-state index contributed by atoms with van der Waals surface area (Å²) in [5.41, 5.74) is 0.694. The molecule has 19 heavy (non-hydrogen) atoms. The van der Waals surface area contributed by atoms with Crippen LogP contribution in [0.25, 0.3) is 0 Å². The number of rotatable bonds is 7. The average molecular weight is 268 g/mol. The third-order valence-electron chi connectivity index (χ3n) is 2.46. The first-order valence-electron chi connectivity index (χ1n) is 5.66. The molecular weight excluding hydrogens is 252 g/mol. The number of non-ortho nitro benzene ring substituents is 1. The van der Waals surface area contributed by atoms with Gasteiger partial charge in [0.05, 0.1) is 31.6 Å². The summed E-state index contributed by atoms with van der Waals surface area (Å²) < 4.78 is 9.50. The lowest BCUT2D eigenvalue weighted by Gasteiger charge is -2.06. The molecule has 0 aliphatic heterocycles. The van der Waals surface area contributed by atoms with Gasteiger partial charge in [-0.15, -0.1) is 0 Å². The third-order valence-corrected chi connectivity index (χ3v) is 2.46. The van der Waals surface area contributed by atoms with E-state index in [9.17, 15) is 14.9 Å². The Balaban J connectivity index is 2.60. The normalized spacial score (nSPS) is 10.0. The van der Waals surface area contributed by atoms with Crippen LogP contribution in [0.1, 0.15) is 12.0 Å². The number of benzene rings is 1. The monoisotopic (exact) mass is 268 g/mol. The van der Waals surface area contributed by atoms with Crippen LogP contribution in [0, 0.1) is 10.1 Å². The summed E-state index contributed by atoms with van der Waals surface area (Å²) in [5.74, 6) is 0.128. The van der Waals surface area contributed by atoms with Crippen molar-refractivity contribution in [1.82, 2.24) is 5.32 Å². The van der Waals surface area contributed by atoms with Crippen molar-refractivity contribution in [3.8, 4) is 5.75 Å². The fraction of sp³-hybridized carbons (Fsp3) is 0.417. The number of hydrogen-bond acceptors (Lipinski definition) is 6. The number of ether oxygens (including phenoxy) is 2. The highest BCUT2D eigenvalue weighted by Crippen LogP contribution is 2.22. The molecule has 0 atom stereocenters. The second kappa shape index (κ2) is 7.32. The highest BCUT2D eigenvalue weighted by Gasteiger charge is 2.10. The molecule has 0 saturated carbocycles. The molecule has 1 aromatic carbocycles. The van der Waals surface area contributed by atoms with Gasteiger partial charge in [0.15, 0.2) is 0 Å². The van der Waals surface area contributed by atoms with Crippen LogP contribution < -0.4 is 10.1 Å². The molecule has 0 aromatic heterocycles. The summed E-state index contributed by atoms with van der Waals surface area (Å²) in [6.45, 7) is 0.854. The molecule has 0 spiro atoms. The maximum atomic E-state index is 10.9. The SMILES string of the molecule is COC(=O)CCNCc1cc(OC)cc([N+](=O)[O-])c1. The molecule has 1 aromatic rings. The maximum Gasteiger partial charge on any atom is 0.306 e. The first-order chi connectivity index (χ1) is 9.06. The number of nitrogens with zero attached hydrogens (tertiary/aromatic N) is 1. The van der Waals surface area contributed by atoms with E-state index >= 15 is 0 Å². The van der Waals surface area contributed by atoms with Crippen molar-refractivity contribution in [2.75, 3.05) is 20.8 Å². The minimum atomic E-state index is -0.472. The van der Waals surface area contributed by atoms with Crippen LogP contribution in [0.3, 0.4) is 0 Å². The van der Waals surface area contributed by atoms with Crippen LogP contribution in [-0.2, 0) is 16.1 Å². The lowest BCUT2D eigenvalue weighted by Crippen LogP contribution is -2.18. The van der Waals surface area contributed by atoms with E-state index in [0.29, 0.717) is 18.8 Å². The van der Waals surface area contributed by atoms with Crippen molar-refractivity contribution >= 4 is 11.7 Å². The largest absolute Gasteiger partial charge is 0.496 e. The summed E-state index contributed by atoms with van der Waals surface area (Å²) >= 11 is 0. The van der Waals surface area contributed by atoms with Crippen LogP contribution in [0.5, 0.6) is 5.75 Å². The summed E-state index contributed by atoms with van der Waals surface area (Å²) in [4.78, 5) is 21.2. The van der Waals surface area contributed by atoms with E-state index in [1.165, 1.54) is 26.4 Å². The van der Waals surface area contributed by atoms with Gasteiger partial charge in [0.2, 0.25) is 0 Å². The highest BCUT2D eigenvalue weighted by molar-refractivity contribution is 5.69. The number of carbonyl (C=O) groups excluding carboxylic acids is 1. The van der Waals surface area contributed by atoms with Gasteiger partial charge in [-0.05, 0) is 11.6 Å². The van der Waals surface area contributed by atoms with Crippen LogP contribution in [0.4, 0.5) is 5.69 Å². The van der Waals surface area contributed by atoms with Gasteiger partial charge in [-0.3, -0.25) is 14.9 Å². The van der Waals surface area contributed by atoms with Crippen molar-refractivity contribution in [2.24, 2.45) is 0 Å². The lowest BCUT2D eigenvalue weighted by molar-refractivity contribution is -0.385. The van der Waals surface area contributed by atoms with E-state index in [4.69, 9.17) is 4.74 Å². The highest BCUT2D eigenvalue weighted by atomic mass is 16.6. The third kappa shape index (κ3) is 4.92. The van der Waals surface area contributed by atoms with Gasteiger partial charge in [-0.2, -0.15) is 0 Å². The van der Waals surface area contributed by atoms with E-state index < -0.39 is 4.92 Å². The zero-order valence-electron chi connectivity index (χ0n) is 10.8. The molecule has 0 bridgehead atoms. The number of nitro benzene ring substituents is 1. The zero-order valence-corrected chi connectivity index (χ0v) is 10.8. The van der Waals surface area contributed by atoms with Gasteiger partial charge in [0, 0.05) is 19.2 Å². The number of esters is 1. The number of hydrogen-bond donors (Lipinski definition) is 1. The summed E-state index contributed by atoms with van der Waals surface area (Å²) in [6, 6.07) is 4.53. The Hall–Kier alpha value is -2.15. The van der Waals surface area contributed by atoms with E-state index in [1.54, 1.807) is 6.07 Å². The molecular formula is C12H16N2O5. The van der Waals surface area contributed by atoms with Crippen molar-refractivity contribution in [3.63, 3.8) is 0 Å². The molecule has 0 unspecified atom stereocenters. The van der Waals surface area contributed by atoms with E-state index in [2.05, 4.69) is 10.1 Å². The van der Waals surface area contributed by atoms with Crippen molar-refractivity contribution in [2.45, 2.75) is 13.0 Å². The molecule has 0 heterocycles. The van der Waals surface area contributed by atoms with Crippen molar-refractivity contribution < 1.29 is 19.2 Å². The van der Waals surface area contributed by atoms with Gasteiger partial charge < -0.3 is 14.8 Å². The van der Waals surface area contributed by atoms with Crippen LogP contribution in [0.2, 0.25) is 0 Å². The van der Waals surface area contributed by atoms with Crippen LogP contribution in [-0.4, -0.2) is 31.7 Å². The molecule has 7 nitrogen and oxygen atoms in total. The summed E-state index contributed by atoms with van der Waals surface area (Å²) in [5, 5.41) is 13.8. The quantitative estimate of drug-likeness (QED) is 0.346. The van der Waals surface area contributed by atoms with Crippen LogP contribution >= 0.6 is 0 Å². The number of carbonyl (C=O) groups is 1. The number of nitrogens with one attached hydrogen (secondary N) is 1. The van der Waals surface area contributed by atoms with E-state index in [-0.39, 0.29) is 18.1 Å². The average Bonchev–Trinajstić information content (AvgIpc) is 2.42. The molecule has 7 heteroatoms. The Labute approximate surface area is 110 Å². The predicted molar refractivity (Wildman–Crippen MR) is 68.0 cm³/mol. The minimum absolute atomic E-state index is 0.0240. The Bertz CT molecular complexity index is 461. The molecule has 0 radical (unpaired) electrons. The molecule has 104 valence electrons. The Morgan fingerprint density at radius 1 is 1.37 bits per heavy atom. The molecule has 0 saturated heterocycles. The second-order valence-corrected chi connectivity index (χ2v) is 3.80. The van der Waals surface area contributed by atoms with E-state index in [0.717, 1.165) is 5.56 Å². The van der Waals surface area contributed by atoms with E-state index in [1.807, 2.05) is 0 Å². The van der Waals surface area contributed by atoms with Gasteiger partial charge in [0.1, 0.15) is 5.75 Å². The molecule has 1 N–H and O–H groups in total. The van der Waals surface area contributed by atoms with Gasteiger partial charge >= 0.3 is 5.97 Å². The molecule has 0 amide bonds. The Morgan fingerprint density at radius 3 is 2.68 bits per heavy atom. The first-order valence-corrected chi connectivity index (χ1v) is 5.66. The van der Waals surface area contributed by atoms with Crippen molar-refractivity contribution in [1.29, 1.82) is 0 Å². The Morgan fingerprint density at radius 2 is 2.11 bits per heavy atom. The summed E-state index contributed by atoms with van der Waals surface area (Å²) in [6.07, 6.45) is 0.253. The minimum Gasteiger partial charge on any atom is -0.496 e. The number of nitro groups is 1. The first kappa shape index (κ1) is 14.9. The lowest BCUT2D eigenvalue weighted by atomic mass is 10.2. The fourth-order valence-electron chi connectivity index (χ4n) is 1.49. The summed E-state index contributed by atoms with van der Waals surface area (Å²) in [7, 11) is 2.78. The predicted octanol–water partition coefficient (Wildman–Crippen LogP) is 1.26. The number of methoxy groups -OCH3 is 2. The molecule has 0 aliphatic rings. The maximum absolute atomic E-state index is 10.9. The smallest absolute Gasteiger partial charge is 0.306 e. The fourth-order valence-corrected chi connectivity index (χ4v) is 1.49. The zero-order chi connectivity index (χ0) is 14.3. The molecule has 1 rings (SSSR count). The second-order valence-electron chi connectivity index (χ2n) is 3.80. The van der Waals surface area contributed by atoms with Gasteiger partial charge in [0.25, 0.3) is 5.69 Å². The molecule has 0 aliphatic carbocycles.